The van der Waals surface area contributed by atoms with Crippen LogP contribution in [0, 0.1) is 0 Å². The SMILES string of the molecule is CCCCCC(OC(CCCCC)C(=O)CCCC)C(=O)CCCC. The summed E-state index contributed by atoms with van der Waals surface area (Å²) in [5, 5.41) is 0. The first-order valence-corrected chi connectivity index (χ1v) is 10.8. The van der Waals surface area contributed by atoms with Gasteiger partial charge in [-0.1, -0.05) is 79.1 Å². The van der Waals surface area contributed by atoms with Gasteiger partial charge >= 0.3 is 0 Å². The van der Waals surface area contributed by atoms with E-state index in [0.717, 1.165) is 77.0 Å². The van der Waals surface area contributed by atoms with Crippen molar-refractivity contribution in [3.63, 3.8) is 0 Å². The monoisotopic (exact) mass is 354 g/mol. The minimum atomic E-state index is -0.379. The molecule has 148 valence electrons. The third kappa shape index (κ3) is 12.3. The van der Waals surface area contributed by atoms with E-state index in [1.54, 1.807) is 0 Å². The van der Waals surface area contributed by atoms with Crippen molar-refractivity contribution in [2.75, 3.05) is 0 Å². The lowest BCUT2D eigenvalue weighted by Gasteiger charge is -2.24. The molecule has 0 spiro atoms. The molecule has 0 aromatic heterocycles. The highest BCUT2D eigenvalue weighted by Crippen LogP contribution is 2.19. The first-order chi connectivity index (χ1) is 12.1. The minimum absolute atomic E-state index is 0.196. The highest BCUT2D eigenvalue weighted by molar-refractivity contribution is 5.85. The van der Waals surface area contributed by atoms with Crippen LogP contribution >= 0.6 is 0 Å². The molecule has 0 saturated carbocycles. The molecule has 25 heavy (non-hydrogen) atoms. The first-order valence-electron chi connectivity index (χ1n) is 10.8. The van der Waals surface area contributed by atoms with E-state index in [9.17, 15) is 9.59 Å². The van der Waals surface area contributed by atoms with Gasteiger partial charge in [0.15, 0.2) is 11.6 Å². The van der Waals surface area contributed by atoms with Crippen molar-refractivity contribution in [2.24, 2.45) is 0 Å². The highest BCUT2D eigenvalue weighted by atomic mass is 16.5. The minimum Gasteiger partial charge on any atom is -0.359 e. The molecule has 3 heteroatoms. The molecule has 3 nitrogen and oxygen atoms in total. The maximum absolute atomic E-state index is 12.6. The Bertz CT molecular complexity index is 306. The van der Waals surface area contributed by atoms with E-state index < -0.39 is 0 Å². The van der Waals surface area contributed by atoms with Crippen LogP contribution in [0.4, 0.5) is 0 Å². The molecule has 0 fully saturated rings. The lowest BCUT2D eigenvalue weighted by molar-refractivity contribution is -0.145. The molecular formula is C22H42O3. The number of ether oxygens (including phenoxy) is 1. The molecule has 0 rings (SSSR count). The van der Waals surface area contributed by atoms with Gasteiger partial charge in [0.1, 0.15) is 12.2 Å². The lowest BCUT2D eigenvalue weighted by atomic mass is 10.00. The summed E-state index contributed by atoms with van der Waals surface area (Å²) in [6, 6.07) is 0. The molecule has 0 heterocycles. The Hall–Kier alpha value is -0.700. The second kappa shape index (κ2) is 16.8. The van der Waals surface area contributed by atoms with Crippen LogP contribution in [0.25, 0.3) is 0 Å². The zero-order chi connectivity index (χ0) is 18.9. The van der Waals surface area contributed by atoms with Crippen LogP contribution in [-0.2, 0) is 14.3 Å². The third-order valence-electron chi connectivity index (χ3n) is 4.74. The Labute approximate surface area is 156 Å². The Morgan fingerprint density at radius 1 is 0.600 bits per heavy atom. The topological polar surface area (TPSA) is 43.4 Å². The molecule has 0 aromatic rings. The molecule has 0 radical (unpaired) electrons. The fraction of sp³-hybridized carbons (Fsp3) is 0.909. The van der Waals surface area contributed by atoms with E-state index in [0.29, 0.717) is 12.8 Å². The first kappa shape index (κ1) is 24.3. The number of unbranched alkanes of at least 4 members (excludes halogenated alkanes) is 6. The van der Waals surface area contributed by atoms with Gasteiger partial charge in [0, 0.05) is 12.8 Å². The Balaban J connectivity index is 4.85. The van der Waals surface area contributed by atoms with Crippen molar-refractivity contribution >= 4 is 11.6 Å². The van der Waals surface area contributed by atoms with Gasteiger partial charge in [-0.05, 0) is 25.7 Å². The average molecular weight is 355 g/mol. The standard InChI is InChI=1S/C22H42O3/c1-5-9-13-17-21(19(23)15-11-7-3)25-22(18-14-10-6-2)20(24)16-12-8-4/h21-22H,5-18H2,1-4H3. The van der Waals surface area contributed by atoms with Crippen molar-refractivity contribution < 1.29 is 14.3 Å². The number of ketones is 2. The largest absolute Gasteiger partial charge is 0.359 e. The summed E-state index contributed by atoms with van der Waals surface area (Å²) in [6.07, 6.45) is 12.3. The third-order valence-corrected chi connectivity index (χ3v) is 4.74. The maximum Gasteiger partial charge on any atom is 0.161 e. The number of Topliss-reactive ketones (excluding diaryl/α,β-unsaturated/α-hetero) is 2. The van der Waals surface area contributed by atoms with Crippen LogP contribution in [-0.4, -0.2) is 23.8 Å². The van der Waals surface area contributed by atoms with E-state index in [4.69, 9.17) is 4.74 Å². The zero-order valence-electron chi connectivity index (χ0n) is 17.3. The normalized spacial score (nSPS) is 13.6. The second-order valence-corrected chi connectivity index (χ2v) is 7.24. The summed E-state index contributed by atoms with van der Waals surface area (Å²) >= 11 is 0. The van der Waals surface area contributed by atoms with E-state index in [1.807, 2.05) is 0 Å². The van der Waals surface area contributed by atoms with Gasteiger partial charge in [0.05, 0.1) is 0 Å². The number of hydrogen-bond donors (Lipinski definition) is 0. The number of carbonyl (C=O) groups is 2. The molecule has 0 amide bonds. The Kier molecular flexibility index (Phi) is 16.3. The van der Waals surface area contributed by atoms with E-state index in [1.165, 1.54) is 0 Å². The second-order valence-electron chi connectivity index (χ2n) is 7.24. The predicted molar refractivity (Wildman–Crippen MR) is 106 cm³/mol. The van der Waals surface area contributed by atoms with E-state index >= 15 is 0 Å². The summed E-state index contributed by atoms with van der Waals surface area (Å²) in [5.74, 6) is 0.392. The van der Waals surface area contributed by atoms with Gasteiger partial charge in [-0.25, -0.2) is 0 Å². The van der Waals surface area contributed by atoms with Crippen LogP contribution in [0.15, 0.2) is 0 Å². The summed E-state index contributed by atoms with van der Waals surface area (Å²) in [4.78, 5) is 25.1. The smallest absolute Gasteiger partial charge is 0.161 e. The quantitative estimate of drug-likeness (QED) is 0.267. The van der Waals surface area contributed by atoms with E-state index in [-0.39, 0.29) is 23.8 Å². The number of rotatable bonds is 18. The van der Waals surface area contributed by atoms with Crippen LogP contribution in [0.1, 0.15) is 118 Å². The van der Waals surface area contributed by atoms with Crippen LogP contribution in [0.3, 0.4) is 0 Å². The van der Waals surface area contributed by atoms with Crippen molar-refractivity contribution in [3.8, 4) is 0 Å². The van der Waals surface area contributed by atoms with Crippen LogP contribution in [0.5, 0.6) is 0 Å². The number of hydrogen-bond acceptors (Lipinski definition) is 3. The summed E-state index contributed by atoms with van der Waals surface area (Å²) in [5.41, 5.74) is 0. The van der Waals surface area contributed by atoms with Crippen molar-refractivity contribution in [2.45, 2.75) is 130 Å². The van der Waals surface area contributed by atoms with Gasteiger partial charge in [-0.15, -0.1) is 0 Å². The summed E-state index contributed by atoms with van der Waals surface area (Å²) in [6.45, 7) is 8.53. The zero-order valence-corrected chi connectivity index (χ0v) is 17.3. The summed E-state index contributed by atoms with van der Waals surface area (Å²) in [7, 11) is 0. The van der Waals surface area contributed by atoms with Crippen LogP contribution in [0.2, 0.25) is 0 Å². The van der Waals surface area contributed by atoms with Crippen LogP contribution < -0.4 is 0 Å². The fourth-order valence-electron chi connectivity index (χ4n) is 2.99. The van der Waals surface area contributed by atoms with Crippen molar-refractivity contribution in [1.82, 2.24) is 0 Å². The van der Waals surface area contributed by atoms with Gasteiger partial charge < -0.3 is 4.74 Å². The molecule has 0 aliphatic rings. The van der Waals surface area contributed by atoms with Crippen molar-refractivity contribution in [3.05, 3.63) is 0 Å². The van der Waals surface area contributed by atoms with Gasteiger partial charge in [-0.2, -0.15) is 0 Å². The Morgan fingerprint density at radius 3 is 1.28 bits per heavy atom. The average Bonchev–Trinajstić information content (AvgIpc) is 2.62. The van der Waals surface area contributed by atoms with Crippen molar-refractivity contribution in [1.29, 1.82) is 0 Å². The van der Waals surface area contributed by atoms with Gasteiger partial charge in [0.2, 0.25) is 0 Å². The molecule has 2 atom stereocenters. The molecule has 0 N–H and O–H groups in total. The molecule has 0 saturated heterocycles. The molecule has 0 bridgehead atoms. The molecule has 0 aliphatic heterocycles. The van der Waals surface area contributed by atoms with Gasteiger partial charge in [0.25, 0.3) is 0 Å². The highest BCUT2D eigenvalue weighted by Gasteiger charge is 2.26. The Morgan fingerprint density at radius 2 is 0.960 bits per heavy atom. The maximum atomic E-state index is 12.6. The molecule has 2 unspecified atom stereocenters. The van der Waals surface area contributed by atoms with E-state index in [2.05, 4.69) is 27.7 Å². The predicted octanol–water partition coefficient (Wildman–Crippen LogP) is 6.42. The lowest BCUT2D eigenvalue weighted by Crippen LogP contribution is -2.34. The molecule has 0 aliphatic carbocycles. The molecule has 0 aromatic carbocycles. The number of carbonyl (C=O) groups excluding carboxylic acids is 2. The van der Waals surface area contributed by atoms with Gasteiger partial charge in [-0.3, -0.25) is 9.59 Å². The molecular weight excluding hydrogens is 312 g/mol. The summed E-state index contributed by atoms with van der Waals surface area (Å²) < 4.78 is 6.16. The fourth-order valence-corrected chi connectivity index (χ4v) is 2.99.